The van der Waals surface area contributed by atoms with E-state index < -0.39 is 11.7 Å². The minimum atomic E-state index is -4.40. The van der Waals surface area contributed by atoms with Crippen LogP contribution in [0.15, 0.2) is 17.3 Å². The van der Waals surface area contributed by atoms with Gasteiger partial charge in [-0.15, -0.1) is 11.8 Å². The van der Waals surface area contributed by atoms with Gasteiger partial charge in [0.15, 0.2) is 0 Å². The van der Waals surface area contributed by atoms with Crippen molar-refractivity contribution in [3.8, 4) is 0 Å². The molecule has 0 aliphatic carbocycles. The van der Waals surface area contributed by atoms with Crippen molar-refractivity contribution in [1.29, 1.82) is 0 Å². The molecule has 2 nitrogen and oxygen atoms in total. The van der Waals surface area contributed by atoms with Crippen LogP contribution in [0.25, 0.3) is 0 Å². The summed E-state index contributed by atoms with van der Waals surface area (Å²) in [5, 5.41) is 4.10. The van der Waals surface area contributed by atoms with Crippen molar-refractivity contribution in [2.75, 3.05) is 13.1 Å². The smallest absolute Gasteiger partial charge is 0.316 e. The molecular weight excluding hydrogens is 285 g/mol. The largest absolute Gasteiger partial charge is 0.417 e. The number of hydrogen-bond acceptors (Lipinski definition) is 3. The Morgan fingerprint density at radius 2 is 2.22 bits per heavy atom. The Balaban J connectivity index is 2.09. The van der Waals surface area contributed by atoms with E-state index in [4.69, 9.17) is 11.6 Å². The number of aromatic nitrogens is 1. The molecule has 1 aliphatic heterocycles. The van der Waals surface area contributed by atoms with Gasteiger partial charge in [-0.05, 0) is 25.5 Å². The summed E-state index contributed by atoms with van der Waals surface area (Å²) in [7, 11) is 0. The summed E-state index contributed by atoms with van der Waals surface area (Å²) >= 11 is 7.29. The minimum absolute atomic E-state index is 0.0698. The number of thioether (sulfide) groups is 1. The third kappa shape index (κ3) is 3.52. The lowest BCUT2D eigenvalue weighted by Crippen LogP contribution is -2.31. The van der Waals surface area contributed by atoms with E-state index in [1.165, 1.54) is 11.8 Å². The van der Waals surface area contributed by atoms with Crippen LogP contribution in [0.5, 0.6) is 0 Å². The van der Waals surface area contributed by atoms with Gasteiger partial charge in [0.25, 0.3) is 0 Å². The molecule has 0 aromatic carbocycles. The molecule has 2 rings (SSSR count). The number of piperidine rings is 1. The molecule has 2 heterocycles. The van der Waals surface area contributed by atoms with Crippen LogP contribution in [0, 0.1) is 0 Å². The fourth-order valence-electron chi connectivity index (χ4n) is 1.75. The fraction of sp³-hybridized carbons (Fsp3) is 0.545. The molecule has 1 atom stereocenters. The van der Waals surface area contributed by atoms with Gasteiger partial charge in [-0.1, -0.05) is 11.6 Å². The molecule has 1 aliphatic rings. The highest BCUT2D eigenvalue weighted by atomic mass is 35.5. The number of pyridine rings is 1. The first-order valence-electron chi connectivity index (χ1n) is 5.57. The monoisotopic (exact) mass is 296 g/mol. The van der Waals surface area contributed by atoms with E-state index in [0.29, 0.717) is 10.3 Å². The van der Waals surface area contributed by atoms with Gasteiger partial charge in [-0.25, -0.2) is 4.98 Å². The van der Waals surface area contributed by atoms with Crippen LogP contribution in [0.3, 0.4) is 0 Å². The molecule has 0 radical (unpaired) electrons. The maximum absolute atomic E-state index is 12.4. The third-order valence-electron chi connectivity index (χ3n) is 2.66. The number of alkyl halides is 3. The van der Waals surface area contributed by atoms with Gasteiger partial charge in [0, 0.05) is 18.0 Å². The molecule has 1 N–H and O–H groups in total. The van der Waals surface area contributed by atoms with E-state index in [1.54, 1.807) is 0 Å². The van der Waals surface area contributed by atoms with Crippen molar-refractivity contribution in [3.05, 3.63) is 22.8 Å². The molecule has 1 aromatic rings. The van der Waals surface area contributed by atoms with E-state index >= 15 is 0 Å². The summed E-state index contributed by atoms with van der Waals surface area (Å²) in [6.07, 6.45) is -1.47. The average molecular weight is 297 g/mol. The first kappa shape index (κ1) is 14.0. The van der Waals surface area contributed by atoms with Gasteiger partial charge < -0.3 is 5.32 Å². The standard InChI is InChI=1S/C11H12ClF3N2S/c12-9-4-7(11(13,14)15)5-17-10(9)18-8-2-1-3-16-6-8/h4-5,8,16H,1-3,6H2. The Bertz CT molecular complexity index is 419. The Morgan fingerprint density at radius 1 is 1.44 bits per heavy atom. The van der Waals surface area contributed by atoms with Crippen LogP contribution in [-0.4, -0.2) is 23.3 Å². The Labute approximate surface area is 112 Å². The van der Waals surface area contributed by atoms with Gasteiger partial charge in [0.1, 0.15) is 5.03 Å². The summed E-state index contributed by atoms with van der Waals surface area (Å²) in [5.74, 6) is 0. The van der Waals surface area contributed by atoms with E-state index in [9.17, 15) is 13.2 Å². The second kappa shape index (κ2) is 5.67. The lowest BCUT2D eigenvalue weighted by Gasteiger charge is -2.22. The predicted molar refractivity (Wildman–Crippen MR) is 66.0 cm³/mol. The lowest BCUT2D eigenvalue weighted by molar-refractivity contribution is -0.137. The summed E-state index contributed by atoms with van der Waals surface area (Å²) in [5.41, 5.74) is -0.807. The zero-order valence-corrected chi connectivity index (χ0v) is 11.0. The van der Waals surface area contributed by atoms with E-state index in [1.807, 2.05) is 0 Å². The summed E-state index contributed by atoms with van der Waals surface area (Å²) in [4.78, 5) is 3.82. The van der Waals surface area contributed by atoms with Crippen molar-refractivity contribution in [2.45, 2.75) is 29.3 Å². The molecule has 1 fully saturated rings. The Kier molecular flexibility index (Phi) is 4.40. The number of nitrogens with one attached hydrogen (secondary N) is 1. The summed E-state index contributed by atoms with van der Waals surface area (Å²) in [6.45, 7) is 1.83. The number of hydrogen-bond donors (Lipinski definition) is 1. The third-order valence-corrected chi connectivity index (χ3v) is 4.35. The van der Waals surface area contributed by atoms with Gasteiger partial charge >= 0.3 is 6.18 Å². The van der Waals surface area contributed by atoms with Crippen LogP contribution >= 0.6 is 23.4 Å². The van der Waals surface area contributed by atoms with Gasteiger partial charge in [-0.3, -0.25) is 0 Å². The van der Waals surface area contributed by atoms with Crippen LogP contribution in [0.4, 0.5) is 13.2 Å². The van der Waals surface area contributed by atoms with Crippen molar-refractivity contribution in [2.24, 2.45) is 0 Å². The zero-order valence-electron chi connectivity index (χ0n) is 9.43. The maximum atomic E-state index is 12.4. The number of halogens is 4. The molecule has 0 amide bonds. The number of rotatable bonds is 2. The highest BCUT2D eigenvalue weighted by molar-refractivity contribution is 8.00. The summed E-state index contributed by atoms with van der Waals surface area (Å²) < 4.78 is 37.3. The van der Waals surface area contributed by atoms with Crippen LogP contribution in [-0.2, 0) is 6.18 Å². The van der Waals surface area contributed by atoms with Crippen molar-refractivity contribution >= 4 is 23.4 Å². The van der Waals surface area contributed by atoms with Crippen LogP contribution in [0.1, 0.15) is 18.4 Å². The van der Waals surface area contributed by atoms with Gasteiger partial charge in [0.2, 0.25) is 0 Å². The van der Waals surface area contributed by atoms with Gasteiger partial charge in [-0.2, -0.15) is 13.2 Å². The first-order chi connectivity index (χ1) is 8.47. The normalized spacial score (nSPS) is 21.0. The summed E-state index contributed by atoms with van der Waals surface area (Å²) in [6, 6.07) is 0.938. The van der Waals surface area contributed by atoms with Crippen molar-refractivity contribution in [1.82, 2.24) is 10.3 Å². The van der Waals surface area contributed by atoms with Crippen LogP contribution < -0.4 is 5.32 Å². The molecule has 18 heavy (non-hydrogen) atoms. The second-order valence-corrected chi connectivity index (χ2v) is 5.79. The topological polar surface area (TPSA) is 24.9 Å². The molecule has 0 spiro atoms. The van der Waals surface area contributed by atoms with Gasteiger partial charge in [0.05, 0.1) is 10.6 Å². The number of nitrogens with zero attached hydrogens (tertiary/aromatic N) is 1. The SMILES string of the molecule is FC(F)(F)c1cnc(SC2CCCNC2)c(Cl)c1. The zero-order chi connectivity index (χ0) is 13.2. The average Bonchev–Trinajstić information content (AvgIpc) is 2.32. The Morgan fingerprint density at radius 3 is 2.78 bits per heavy atom. The highest BCUT2D eigenvalue weighted by Crippen LogP contribution is 2.35. The highest BCUT2D eigenvalue weighted by Gasteiger charge is 2.31. The van der Waals surface area contributed by atoms with E-state index in [-0.39, 0.29) is 5.02 Å². The quantitative estimate of drug-likeness (QED) is 0.902. The molecule has 0 bridgehead atoms. The van der Waals surface area contributed by atoms with E-state index in [2.05, 4.69) is 10.3 Å². The van der Waals surface area contributed by atoms with Crippen molar-refractivity contribution in [3.63, 3.8) is 0 Å². The molecule has 100 valence electrons. The van der Waals surface area contributed by atoms with Crippen LogP contribution in [0.2, 0.25) is 5.02 Å². The predicted octanol–water partition coefficient (Wildman–Crippen LogP) is 3.60. The van der Waals surface area contributed by atoms with Crippen molar-refractivity contribution < 1.29 is 13.2 Å². The minimum Gasteiger partial charge on any atom is -0.316 e. The fourth-order valence-corrected chi connectivity index (χ4v) is 3.13. The molecule has 0 saturated carbocycles. The lowest BCUT2D eigenvalue weighted by atomic mass is 10.2. The maximum Gasteiger partial charge on any atom is 0.417 e. The first-order valence-corrected chi connectivity index (χ1v) is 6.82. The molecular formula is C11H12ClF3N2S. The Hall–Kier alpha value is -0.460. The molecule has 1 saturated heterocycles. The molecule has 1 aromatic heterocycles. The second-order valence-electron chi connectivity index (χ2n) is 4.09. The molecule has 7 heteroatoms. The van der Waals surface area contributed by atoms with E-state index in [0.717, 1.165) is 38.2 Å². The molecule has 1 unspecified atom stereocenters.